The van der Waals surface area contributed by atoms with Crippen molar-refractivity contribution < 1.29 is 14.7 Å². The smallest absolute Gasteiger partial charge is 0.342 e. The molecule has 0 bridgehead atoms. The summed E-state index contributed by atoms with van der Waals surface area (Å²) >= 11 is 0. The van der Waals surface area contributed by atoms with Gasteiger partial charge in [0.1, 0.15) is 0 Å². The first-order chi connectivity index (χ1) is 11.5. The lowest BCUT2D eigenvalue weighted by Gasteiger charge is -2.02. The van der Waals surface area contributed by atoms with Gasteiger partial charge in [-0.2, -0.15) is 5.10 Å². The molecule has 1 amide bonds. The Morgan fingerprint density at radius 2 is 1.96 bits per heavy atom. The minimum Gasteiger partial charge on any atom is -0.478 e. The van der Waals surface area contributed by atoms with E-state index < -0.39 is 23.1 Å². The number of aromatic carboxylic acids is 1. The number of aromatic amines is 2. The van der Waals surface area contributed by atoms with Gasteiger partial charge in [0.15, 0.2) is 0 Å². The SMILES string of the molecule is O=C(CNc1n[nH]c(=O)[nH]c1=O)NN=Cc1ccc(C(=O)O)cc1. The van der Waals surface area contributed by atoms with E-state index in [2.05, 4.69) is 20.9 Å². The monoisotopic (exact) mass is 332 g/mol. The second-order valence-electron chi connectivity index (χ2n) is 4.43. The first kappa shape index (κ1) is 16.6. The third kappa shape index (κ3) is 4.62. The standard InChI is InChI=1S/C13H12N6O5/c20-9(6-14-10-11(21)16-13(24)19-18-10)17-15-5-7-1-3-8(4-2-7)12(22)23/h1-5H,6H2,(H,14,18)(H,17,20)(H,22,23)(H2,16,19,21,24). The Morgan fingerprint density at radius 3 is 2.58 bits per heavy atom. The summed E-state index contributed by atoms with van der Waals surface area (Å²) in [5.74, 6) is -1.80. The highest BCUT2D eigenvalue weighted by atomic mass is 16.4. The number of carboxylic acids is 1. The maximum atomic E-state index is 11.6. The van der Waals surface area contributed by atoms with Gasteiger partial charge in [-0.05, 0) is 17.7 Å². The van der Waals surface area contributed by atoms with Crippen LogP contribution in [-0.4, -0.2) is 44.9 Å². The molecule has 2 rings (SSSR count). The Kier molecular flexibility index (Phi) is 5.18. The number of carboxylic acid groups (broad SMARTS) is 1. The summed E-state index contributed by atoms with van der Waals surface area (Å²) in [6.45, 7) is -0.294. The Labute approximate surface area is 133 Å². The van der Waals surface area contributed by atoms with Crippen molar-refractivity contribution in [1.82, 2.24) is 20.6 Å². The highest BCUT2D eigenvalue weighted by Crippen LogP contribution is 2.02. The van der Waals surface area contributed by atoms with Gasteiger partial charge in [0.05, 0.1) is 18.3 Å². The van der Waals surface area contributed by atoms with E-state index in [1.807, 2.05) is 10.1 Å². The highest BCUT2D eigenvalue weighted by Gasteiger charge is 2.05. The van der Waals surface area contributed by atoms with Crippen LogP contribution in [0.1, 0.15) is 15.9 Å². The lowest BCUT2D eigenvalue weighted by atomic mass is 10.1. The minimum absolute atomic E-state index is 0.138. The number of aromatic nitrogens is 3. The van der Waals surface area contributed by atoms with Crippen molar-refractivity contribution >= 4 is 23.9 Å². The number of H-pyrrole nitrogens is 2. The maximum absolute atomic E-state index is 11.6. The number of carbonyl (C=O) groups excluding carboxylic acids is 1. The highest BCUT2D eigenvalue weighted by molar-refractivity contribution is 5.89. The van der Waals surface area contributed by atoms with Gasteiger partial charge in [0.2, 0.25) is 5.82 Å². The van der Waals surface area contributed by atoms with Crippen LogP contribution >= 0.6 is 0 Å². The van der Waals surface area contributed by atoms with E-state index in [4.69, 9.17) is 5.11 Å². The van der Waals surface area contributed by atoms with E-state index in [9.17, 15) is 19.2 Å². The molecule has 1 aromatic heterocycles. The quantitative estimate of drug-likeness (QED) is 0.324. The van der Waals surface area contributed by atoms with Gasteiger partial charge in [-0.1, -0.05) is 12.1 Å². The molecule has 0 saturated carbocycles. The predicted octanol–water partition coefficient (Wildman–Crippen LogP) is -1.28. The second kappa shape index (κ2) is 7.49. The van der Waals surface area contributed by atoms with Crippen molar-refractivity contribution in [3.63, 3.8) is 0 Å². The molecule has 0 aliphatic carbocycles. The number of anilines is 1. The normalized spacial score (nSPS) is 10.5. The van der Waals surface area contributed by atoms with E-state index in [1.165, 1.54) is 30.5 Å². The van der Waals surface area contributed by atoms with Crippen molar-refractivity contribution in [1.29, 1.82) is 0 Å². The number of hydrogen-bond acceptors (Lipinski definition) is 7. The van der Waals surface area contributed by atoms with E-state index in [-0.39, 0.29) is 17.9 Å². The average Bonchev–Trinajstić information content (AvgIpc) is 2.54. The number of hydrazone groups is 1. The molecule has 124 valence electrons. The molecular formula is C13H12N6O5. The summed E-state index contributed by atoms with van der Waals surface area (Å²) < 4.78 is 0. The van der Waals surface area contributed by atoms with Gasteiger partial charge < -0.3 is 10.4 Å². The summed E-state index contributed by atoms with van der Waals surface area (Å²) in [4.78, 5) is 46.3. The molecule has 11 heteroatoms. The van der Waals surface area contributed by atoms with Crippen LogP contribution in [0.4, 0.5) is 5.82 Å². The second-order valence-corrected chi connectivity index (χ2v) is 4.43. The number of nitrogens with one attached hydrogen (secondary N) is 4. The van der Waals surface area contributed by atoms with E-state index in [0.29, 0.717) is 5.56 Å². The van der Waals surface area contributed by atoms with Crippen LogP contribution in [0.2, 0.25) is 0 Å². The molecule has 5 N–H and O–H groups in total. The summed E-state index contributed by atoms with van der Waals surface area (Å²) in [6.07, 6.45) is 1.33. The zero-order chi connectivity index (χ0) is 17.5. The molecule has 0 fully saturated rings. The number of rotatable bonds is 6. The van der Waals surface area contributed by atoms with E-state index in [1.54, 1.807) is 0 Å². The fraction of sp³-hybridized carbons (Fsp3) is 0.0769. The van der Waals surface area contributed by atoms with Crippen molar-refractivity contribution in [3.8, 4) is 0 Å². The molecule has 1 aromatic carbocycles. The molecule has 24 heavy (non-hydrogen) atoms. The molecule has 0 atom stereocenters. The van der Waals surface area contributed by atoms with Crippen LogP contribution in [-0.2, 0) is 4.79 Å². The van der Waals surface area contributed by atoms with Crippen molar-refractivity contribution in [3.05, 3.63) is 56.2 Å². The number of nitrogens with zero attached hydrogens (tertiary/aromatic N) is 2. The van der Waals surface area contributed by atoms with Crippen LogP contribution < -0.4 is 22.0 Å². The van der Waals surface area contributed by atoms with E-state index in [0.717, 1.165) is 0 Å². The zero-order valence-electron chi connectivity index (χ0n) is 12.1. The van der Waals surface area contributed by atoms with Crippen molar-refractivity contribution in [2.24, 2.45) is 5.10 Å². The first-order valence-electron chi connectivity index (χ1n) is 6.54. The van der Waals surface area contributed by atoms with Gasteiger partial charge in [0, 0.05) is 0 Å². The average molecular weight is 332 g/mol. The summed E-state index contributed by atoms with van der Waals surface area (Å²) in [5.41, 5.74) is 1.43. The fourth-order valence-corrected chi connectivity index (χ4v) is 1.56. The third-order valence-corrected chi connectivity index (χ3v) is 2.69. The van der Waals surface area contributed by atoms with Crippen LogP contribution in [0.5, 0.6) is 0 Å². The molecule has 2 aromatic rings. The Bertz CT molecular complexity index is 883. The molecule has 0 saturated heterocycles. The molecule has 0 radical (unpaired) electrons. The van der Waals surface area contributed by atoms with Gasteiger partial charge in [-0.3, -0.25) is 14.6 Å². The largest absolute Gasteiger partial charge is 0.478 e. The molecule has 0 unspecified atom stereocenters. The predicted molar refractivity (Wildman–Crippen MR) is 83.1 cm³/mol. The molecule has 0 aliphatic rings. The minimum atomic E-state index is -1.04. The number of hydrogen-bond donors (Lipinski definition) is 5. The zero-order valence-corrected chi connectivity index (χ0v) is 12.1. The van der Waals surface area contributed by atoms with Crippen LogP contribution in [0, 0.1) is 0 Å². The molecule has 0 aliphatic heterocycles. The van der Waals surface area contributed by atoms with Gasteiger partial charge in [-0.15, -0.1) is 5.10 Å². The molecular weight excluding hydrogens is 320 g/mol. The Hall–Kier alpha value is -3.76. The number of carbonyl (C=O) groups is 2. The molecule has 0 spiro atoms. The fourth-order valence-electron chi connectivity index (χ4n) is 1.56. The lowest BCUT2D eigenvalue weighted by molar-refractivity contribution is -0.119. The summed E-state index contributed by atoms with van der Waals surface area (Å²) in [5, 5.41) is 20.3. The summed E-state index contributed by atoms with van der Waals surface area (Å²) in [7, 11) is 0. The Morgan fingerprint density at radius 1 is 1.25 bits per heavy atom. The number of benzene rings is 1. The first-order valence-corrected chi connectivity index (χ1v) is 6.54. The Balaban J connectivity index is 1.85. The van der Waals surface area contributed by atoms with Crippen molar-refractivity contribution in [2.75, 3.05) is 11.9 Å². The number of amides is 1. The van der Waals surface area contributed by atoms with Crippen LogP contribution in [0.25, 0.3) is 0 Å². The third-order valence-electron chi connectivity index (χ3n) is 2.69. The van der Waals surface area contributed by atoms with E-state index >= 15 is 0 Å². The maximum Gasteiger partial charge on any atom is 0.342 e. The van der Waals surface area contributed by atoms with Gasteiger partial charge >= 0.3 is 11.7 Å². The van der Waals surface area contributed by atoms with Crippen LogP contribution in [0.15, 0.2) is 39.0 Å². The van der Waals surface area contributed by atoms with Gasteiger partial charge in [-0.25, -0.2) is 20.1 Å². The summed E-state index contributed by atoms with van der Waals surface area (Å²) in [6, 6.07) is 5.87. The van der Waals surface area contributed by atoms with Crippen LogP contribution in [0.3, 0.4) is 0 Å². The lowest BCUT2D eigenvalue weighted by Crippen LogP contribution is -2.31. The van der Waals surface area contributed by atoms with Crippen molar-refractivity contribution in [2.45, 2.75) is 0 Å². The molecule has 1 heterocycles. The molecule has 11 nitrogen and oxygen atoms in total. The van der Waals surface area contributed by atoms with Gasteiger partial charge in [0.25, 0.3) is 11.5 Å². The topological polar surface area (TPSA) is 169 Å².